The Morgan fingerprint density at radius 3 is 2.60 bits per heavy atom. The van der Waals surface area contributed by atoms with Crippen LogP contribution in [0.3, 0.4) is 0 Å². The zero-order valence-corrected chi connectivity index (χ0v) is 16.9. The van der Waals surface area contributed by atoms with Crippen LogP contribution in [-0.2, 0) is 16.8 Å². The molecule has 2 N–H and O–H groups in total. The number of carbonyl (C=O) groups is 1. The molecule has 0 saturated carbocycles. The summed E-state index contributed by atoms with van der Waals surface area (Å²) in [5, 5.41) is 0. The Kier molecular flexibility index (Phi) is 4.79. The molecular formula is C20H22F2N6O2. The van der Waals surface area contributed by atoms with E-state index in [1.165, 1.54) is 24.1 Å². The number of amides is 1. The van der Waals surface area contributed by atoms with Crippen molar-refractivity contribution in [3.63, 3.8) is 0 Å². The third-order valence-corrected chi connectivity index (χ3v) is 5.73. The molecule has 0 aliphatic carbocycles. The predicted octanol–water partition coefficient (Wildman–Crippen LogP) is 1.44. The second-order valence-corrected chi connectivity index (χ2v) is 7.38. The molecule has 2 aliphatic rings. The first-order valence-electron chi connectivity index (χ1n) is 9.55. The van der Waals surface area contributed by atoms with Gasteiger partial charge in [0, 0.05) is 13.6 Å². The number of aromatic nitrogens is 2. The summed E-state index contributed by atoms with van der Waals surface area (Å²) in [6.07, 6.45) is 0.352. The summed E-state index contributed by atoms with van der Waals surface area (Å²) in [6, 6.07) is 5.85. The lowest BCUT2D eigenvalue weighted by molar-refractivity contribution is -0.132. The highest BCUT2D eigenvalue weighted by atomic mass is 19.1. The Morgan fingerprint density at radius 1 is 1.27 bits per heavy atom. The van der Waals surface area contributed by atoms with Crippen molar-refractivity contribution < 1.29 is 18.3 Å². The zero-order chi connectivity index (χ0) is 21.6. The highest BCUT2D eigenvalue weighted by Gasteiger charge is 2.56. The number of rotatable bonds is 4. The summed E-state index contributed by atoms with van der Waals surface area (Å²) >= 11 is 0. The highest BCUT2D eigenvalue weighted by molar-refractivity contribution is 6.01. The van der Waals surface area contributed by atoms with Crippen LogP contribution in [0.4, 0.5) is 14.7 Å². The van der Waals surface area contributed by atoms with Crippen LogP contribution in [0.5, 0.6) is 5.88 Å². The number of halogens is 2. The number of methoxy groups -OCH3 is 1. The normalized spacial score (nSPS) is 23.4. The fourth-order valence-electron chi connectivity index (χ4n) is 4.08. The number of guanidine groups is 1. The summed E-state index contributed by atoms with van der Waals surface area (Å²) < 4.78 is 33.0. The number of hydrogen-bond donors (Lipinski definition) is 1. The first-order valence-corrected chi connectivity index (χ1v) is 9.55. The molecule has 0 spiro atoms. The Bertz CT molecular complexity index is 1000. The van der Waals surface area contributed by atoms with E-state index < -0.39 is 23.1 Å². The van der Waals surface area contributed by atoms with Gasteiger partial charge in [-0.1, -0.05) is 19.1 Å². The van der Waals surface area contributed by atoms with E-state index in [1.54, 1.807) is 31.0 Å². The summed E-state index contributed by atoms with van der Waals surface area (Å²) in [4.78, 5) is 29.3. The van der Waals surface area contributed by atoms with Gasteiger partial charge in [-0.2, -0.15) is 9.37 Å². The molecule has 0 radical (unpaired) electrons. The van der Waals surface area contributed by atoms with Crippen molar-refractivity contribution in [2.75, 3.05) is 32.1 Å². The topological polar surface area (TPSA) is 96.9 Å². The zero-order valence-electron chi connectivity index (χ0n) is 16.9. The van der Waals surface area contributed by atoms with Crippen LogP contribution < -0.4 is 15.4 Å². The third kappa shape index (κ3) is 2.94. The number of anilines is 1. The van der Waals surface area contributed by atoms with Gasteiger partial charge in [0.1, 0.15) is 11.4 Å². The Labute approximate surface area is 172 Å². The van der Waals surface area contributed by atoms with E-state index in [9.17, 15) is 13.6 Å². The summed E-state index contributed by atoms with van der Waals surface area (Å²) in [7, 11) is 2.90. The minimum Gasteiger partial charge on any atom is -0.479 e. The standard InChI is InChI=1S/C20H22F2N6O2/c1-4-14-15(22)16(30-3)25-19(24-14)28-9-13-17(29)27(2)18(23)26-20(13,10-28)11-5-7-12(21)8-6-11/h5-8,13H,4,9-10H2,1-3H3,(H2,23,26)/t13-,20+/m0/s1. The maximum absolute atomic E-state index is 14.4. The van der Waals surface area contributed by atoms with Gasteiger partial charge in [-0.3, -0.25) is 9.69 Å². The van der Waals surface area contributed by atoms with Crippen molar-refractivity contribution in [1.82, 2.24) is 14.9 Å². The molecule has 1 saturated heterocycles. The number of aliphatic imine (C=N–C) groups is 1. The van der Waals surface area contributed by atoms with E-state index in [-0.39, 0.29) is 42.5 Å². The summed E-state index contributed by atoms with van der Waals surface area (Å²) in [5.41, 5.74) is 5.88. The number of benzene rings is 1. The monoisotopic (exact) mass is 416 g/mol. The third-order valence-electron chi connectivity index (χ3n) is 5.73. The molecule has 1 aromatic heterocycles. The minimum absolute atomic E-state index is 0.0780. The molecule has 1 amide bonds. The molecule has 2 atom stereocenters. The fourth-order valence-corrected chi connectivity index (χ4v) is 4.08. The SMILES string of the molecule is CCc1nc(N2C[C@H]3C(=O)N(C)C(N)=N[C@@]3(c3ccc(F)cc3)C2)nc(OC)c1F. The molecule has 30 heavy (non-hydrogen) atoms. The van der Waals surface area contributed by atoms with E-state index in [0.29, 0.717) is 12.0 Å². The number of carbonyl (C=O) groups excluding carboxylic acids is 1. The molecule has 1 aromatic carbocycles. The van der Waals surface area contributed by atoms with Gasteiger partial charge < -0.3 is 15.4 Å². The lowest BCUT2D eigenvalue weighted by Crippen LogP contribution is -2.54. The number of ether oxygens (including phenoxy) is 1. The number of nitrogens with two attached hydrogens (primary N) is 1. The van der Waals surface area contributed by atoms with Crippen LogP contribution >= 0.6 is 0 Å². The summed E-state index contributed by atoms with van der Waals surface area (Å²) in [6.45, 7) is 2.25. The minimum atomic E-state index is -1.03. The quantitative estimate of drug-likeness (QED) is 0.810. The molecule has 8 nitrogen and oxygen atoms in total. The molecule has 1 fully saturated rings. The number of fused-ring (bicyclic) bond motifs is 1. The smallest absolute Gasteiger partial charge is 0.255 e. The van der Waals surface area contributed by atoms with E-state index >= 15 is 0 Å². The number of hydrogen-bond acceptors (Lipinski definition) is 7. The van der Waals surface area contributed by atoms with Crippen LogP contribution in [0.15, 0.2) is 29.3 Å². The number of nitrogens with zero attached hydrogens (tertiary/aromatic N) is 5. The Morgan fingerprint density at radius 2 is 1.97 bits per heavy atom. The van der Waals surface area contributed by atoms with Crippen molar-refractivity contribution in [2.24, 2.45) is 16.6 Å². The first-order chi connectivity index (χ1) is 14.3. The van der Waals surface area contributed by atoms with Gasteiger partial charge in [0.05, 0.1) is 25.3 Å². The highest BCUT2D eigenvalue weighted by Crippen LogP contribution is 2.45. The fraction of sp³-hybridized carbons (Fsp3) is 0.400. The lowest BCUT2D eigenvalue weighted by Gasteiger charge is -2.37. The maximum Gasteiger partial charge on any atom is 0.255 e. The van der Waals surface area contributed by atoms with Crippen molar-refractivity contribution in [3.8, 4) is 5.88 Å². The van der Waals surface area contributed by atoms with Gasteiger partial charge >= 0.3 is 0 Å². The molecule has 4 rings (SSSR count). The van der Waals surface area contributed by atoms with Crippen molar-refractivity contribution in [2.45, 2.75) is 18.9 Å². The molecule has 2 aromatic rings. The first kappa shape index (κ1) is 20.0. The van der Waals surface area contributed by atoms with Gasteiger partial charge in [0.15, 0.2) is 5.96 Å². The van der Waals surface area contributed by atoms with Gasteiger partial charge in [-0.15, -0.1) is 0 Å². The van der Waals surface area contributed by atoms with Crippen molar-refractivity contribution in [3.05, 3.63) is 47.2 Å². The second kappa shape index (κ2) is 7.19. The molecule has 0 unspecified atom stereocenters. The van der Waals surface area contributed by atoms with Crippen LogP contribution in [0.1, 0.15) is 18.2 Å². The summed E-state index contributed by atoms with van der Waals surface area (Å²) in [5.74, 6) is -1.64. The molecule has 10 heteroatoms. The van der Waals surface area contributed by atoms with Crippen LogP contribution in [0, 0.1) is 17.6 Å². The Balaban J connectivity index is 1.83. The molecule has 158 valence electrons. The van der Waals surface area contributed by atoms with Gasteiger partial charge in [-0.25, -0.2) is 14.4 Å². The number of aryl methyl sites for hydroxylation is 1. The van der Waals surface area contributed by atoms with E-state index in [2.05, 4.69) is 15.0 Å². The molecule has 2 aliphatic heterocycles. The van der Waals surface area contributed by atoms with E-state index in [4.69, 9.17) is 10.5 Å². The Hall–Kier alpha value is -3.30. The average Bonchev–Trinajstić information content (AvgIpc) is 3.13. The second-order valence-electron chi connectivity index (χ2n) is 7.38. The van der Waals surface area contributed by atoms with Crippen molar-refractivity contribution in [1.29, 1.82) is 0 Å². The maximum atomic E-state index is 14.4. The van der Waals surface area contributed by atoms with Gasteiger partial charge in [0.25, 0.3) is 5.88 Å². The largest absolute Gasteiger partial charge is 0.479 e. The molecule has 3 heterocycles. The van der Waals surface area contributed by atoms with Gasteiger partial charge in [-0.05, 0) is 24.1 Å². The van der Waals surface area contributed by atoms with E-state index in [1.807, 2.05) is 0 Å². The predicted molar refractivity (Wildman–Crippen MR) is 106 cm³/mol. The molecular weight excluding hydrogens is 394 g/mol. The van der Waals surface area contributed by atoms with Crippen LogP contribution in [0.2, 0.25) is 0 Å². The molecule has 0 bridgehead atoms. The van der Waals surface area contributed by atoms with Crippen LogP contribution in [-0.4, -0.2) is 54.0 Å². The van der Waals surface area contributed by atoms with Gasteiger partial charge in [0.2, 0.25) is 17.7 Å². The average molecular weight is 416 g/mol. The van der Waals surface area contributed by atoms with E-state index in [0.717, 1.165) is 0 Å². The van der Waals surface area contributed by atoms with Crippen LogP contribution in [0.25, 0.3) is 0 Å². The lowest BCUT2D eigenvalue weighted by atomic mass is 9.79. The van der Waals surface area contributed by atoms with Crippen molar-refractivity contribution >= 4 is 17.8 Å².